The van der Waals surface area contributed by atoms with Gasteiger partial charge in [0, 0.05) is 0 Å². The summed E-state index contributed by atoms with van der Waals surface area (Å²) >= 11 is 2.02. The minimum atomic E-state index is -0.108. The molecule has 0 amide bonds. The zero-order chi connectivity index (χ0) is 13.1. The monoisotopic (exact) mass is 356 g/mol. The molecule has 4 nitrogen and oxygen atoms in total. The summed E-state index contributed by atoms with van der Waals surface area (Å²) in [6, 6.07) is 7.50. The number of aromatic amines is 1. The molecule has 0 bridgehead atoms. The Balaban J connectivity index is 2.64. The predicted octanol–water partition coefficient (Wildman–Crippen LogP) is 2.61. The number of H-pyrrole nitrogens is 1. The van der Waals surface area contributed by atoms with Gasteiger partial charge in [-0.15, -0.1) is 0 Å². The maximum absolute atomic E-state index is 11.8. The van der Waals surface area contributed by atoms with Gasteiger partial charge in [0.15, 0.2) is 0 Å². The van der Waals surface area contributed by atoms with Crippen LogP contribution in [0.3, 0.4) is 0 Å². The first-order valence-electron chi connectivity index (χ1n) is 5.59. The van der Waals surface area contributed by atoms with Crippen LogP contribution in [0.2, 0.25) is 0 Å². The van der Waals surface area contributed by atoms with Crippen molar-refractivity contribution in [3.05, 3.63) is 43.9 Å². The number of aromatic nitrogens is 2. The van der Waals surface area contributed by atoms with Gasteiger partial charge in [-0.05, 0) is 41.1 Å². The Morgan fingerprint density at radius 2 is 2.11 bits per heavy atom. The van der Waals surface area contributed by atoms with Gasteiger partial charge < -0.3 is 9.72 Å². The van der Waals surface area contributed by atoms with E-state index in [1.807, 2.05) is 53.8 Å². The SMILES string of the molecule is CCc1nc(-c2ccccc2OC)[nH]c(=O)c1I. The highest BCUT2D eigenvalue weighted by Crippen LogP contribution is 2.26. The van der Waals surface area contributed by atoms with Gasteiger partial charge in [0.25, 0.3) is 5.56 Å². The van der Waals surface area contributed by atoms with Gasteiger partial charge in [0.05, 0.1) is 21.9 Å². The maximum atomic E-state index is 11.8. The molecule has 5 heteroatoms. The molecular weight excluding hydrogens is 343 g/mol. The van der Waals surface area contributed by atoms with Gasteiger partial charge in [-0.25, -0.2) is 4.98 Å². The Labute approximate surface area is 119 Å². The third kappa shape index (κ3) is 2.40. The first kappa shape index (κ1) is 13.1. The van der Waals surface area contributed by atoms with Crippen LogP contribution in [0, 0.1) is 3.57 Å². The molecule has 0 radical (unpaired) electrons. The number of rotatable bonds is 3. The molecule has 1 N–H and O–H groups in total. The second-order valence-corrected chi connectivity index (χ2v) is 4.81. The summed E-state index contributed by atoms with van der Waals surface area (Å²) in [5.74, 6) is 1.25. The number of nitrogens with zero attached hydrogens (tertiary/aromatic N) is 1. The van der Waals surface area contributed by atoms with Crippen molar-refractivity contribution in [3.63, 3.8) is 0 Å². The summed E-state index contributed by atoms with van der Waals surface area (Å²) in [5.41, 5.74) is 1.49. The van der Waals surface area contributed by atoms with E-state index in [9.17, 15) is 4.79 Å². The fourth-order valence-electron chi connectivity index (χ4n) is 1.71. The minimum Gasteiger partial charge on any atom is -0.496 e. The van der Waals surface area contributed by atoms with Gasteiger partial charge in [-0.2, -0.15) is 0 Å². The Morgan fingerprint density at radius 1 is 1.39 bits per heavy atom. The number of benzene rings is 1. The lowest BCUT2D eigenvalue weighted by atomic mass is 10.2. The third-order valence-electron chi connectivity index (χ3n) is 2.63. The number of halogens is 1. The van der Waals surface area contributed by atoms with E-state index < -0.39 is 0 Å². The average molecular weight is 356 g/mol. The van der Waals surface area contributed by atoms with Crippen LogP contribution in [0.25, 0.3) is 11.4 Å². The van der Waals surface area contributed by atoms with Crippen LogP contribution in [0.4, 0.5) is 0 Å². The molecule has 0 aliphatic heterocycles. The first-order valence-corrected chi connectivity index (χ1v) is 6.67. The molecule has 0 spiro atoms. The zero-order valence-corrected chi connectivity index (χ0v) is 12.3. The third-order valence-corrected chi connectivity index (χ3v) is 3.74. The highest BCUT2D eigenvalue weighted by atomic mass is 127. The number of hydrogen-bond acceptors (Lipinski definition) is 3. The van der Waals surface area contributed by atoms with E-state index in [1.54, 1.807) is 7.11 Å². The Hall–Kier alpha value is -1.37. The Morgan fingerprint density at radius 3 is 2.78 bits per heavy atom. The molecule has 0 fully saturated rings. The van der Waals surface area contributed by atoms with E-state index in [1.165, 1.54) is 0 Å². The smallest absolute Gasteiger partial charge is 0.264 e. The topological polar surface area (TPSA) is 55.0 Å². The lowest BCUT2D eigenvalue weighted by Gasteiger charge is -2.09. The number of ether oxygens (including phenoxy) is 1. The molecular formula is C13H13IN2O2. The van der Waals surface area contributed by atoms with Crippen LogP contribution in [-0.2, 0) is 6.42 Å². The maximum Gasteiger partial charge on any atom is 0.264 e. The van der Waals surface area contributed by atoms with E-state index >= 15 is 0 Å². The Kier molecular flexibility index (Phi) is 4.00. The summed E-state index contributed by atoms with van der Waals surface area (Å²) in [4.78, 5) is 19.1. The van der Waals surface area contributed by atoms with E-state index in [0.29, 0.717) is 15.1 Å². The molecule has 0 aliphatic carbocycles. The van der Waals surface area contributed by atoms with Crippen molar-refractivity contribution in [2.24, 2.45) is 0 Å². The number of methoxy groups -OCH3 is 1. The predicted molar refractivity (Wildman–Crippen MR) is 78.9 cm³/mol. The standard InChI is InChI=1S/C13H13IN2O2/c1-3-9-11(14)13(17)16-12(15-9)8-6-4-5-7-10(8)18-2/h4-7H,3H2,1-2H3,(H,15,16,17). The molecule has 94 valence electrons. The largest absolute Gasteiger partial charge is 0.496 e. The summed E-state index contributed by atoms with van der Waals surface area (Å²) in [6.45, 7) is 1.98. The Bertz CT molecular complexity index is 623. The van der Waals surface area contributed by atoms with Gasteiger partial charge in [-0.3, -0.25) is 4.79 Å². The van der Waals surface area contributed by atoms with Crippen molar-refractivity contribution in [1.82, 2.24) is 9.97 Å². The number of hydrogen-bond donors (Lipinski definition) is 1. The molecule has 2 aromatic rings. The fraction of sp³-hybridized carbons (Fsp3) is 0.231. The van der Waals surface area contributed by atoms with Gasteiger partial charge in [0.2, 0.25) is 0 Å². The van der Waals surface area contributed by atoms with E-state index in [2.05, 4.69) is 9.97 Å². The molecule has 2 rings (SSSR count). The molecule has 0 atom stereocenters. The lowest BCUT2D eigenvalue weighted by Crippen LogP contribution is -2.16. The van der Waals surface area contributed by atoms with Crippen molar-refractivity contribution >= 4 is 22.6 Å². The second kappa shape index (κ2) is 5.51. The van der Waals surface area contributed by atoms with Gasteiger partial charge in [-0.1, -0.05) is 19.1 Å². The van der Waals surface area contributed by atoms with E-state index in [4.69, 9.17) is 4.74 Å². The number of nitrogens with one attached hydrogen (secondary N) is 1. The highest BCUT2D eigenvalue weighted by molar-refractivity contribution is 14.1. The quantitative estimate of drug-likeness (QED) is 0.861. The van der Waals surface area contributed by atoms with Crippen molar-refractivity contribution in [3.8, 4) is 17.1 Å². The van der Waals surface area contributed by atoms with E-state index in [-0.39, 0.29) is 5.56 Å². The molecule has 0 unspecified atom stereocenters. The molecule has 0 saturated carbocycles. The van der Waals surface area contributed by atoms with Crippen LogP contribution >= 0.6 is 22.6 Å². The number of aryl methyl sites for hydroxylation is 1. The highest BCUT2D eigenvalue weighted by Gasteiger charge is 2.11. The minimum absolute atomic E-state index is 0.108. The van der Waals surface area contributed by atoms with Crippen LogP contribution in [-0.4, -0.2) is 17.1 Å². The molecule has 0 saturated heterocycles. The van der Waals surface area contributed by atoms with Gasteiger partial charge >= 0.3 is 0 Å². The second-order valence-electron chi connectivity index (χ2n) is 3.73. The average Bonchev–Trinajstić information content (AvgIpc) is 2.41. The first-order chi connectivity index (χ1) is 8.67. The van der Waals surface area contributed by atoms with Crippen molar-refractivity contribution in [2.75, 3.05) is 7.11 Å². The lowest BCUT2D eigenvalue weighted by molar-refractivity contribution is 0.416. The molecule has 18 heavy (non-hydrogen) atoms. The fourth-order valence-corrected chi connectivity index (χ4v) is 2.34. The van der Waals surface area contributed by atoms with Crippen molar-refractivity contribution < 1.29 is 4.74 Å². The summed E-state index contributed by atoms with van der Waals surface area (Å²) < 4.78 is 5.93. The number of para-hydroxylation sites is 1. The molecule has 0 aliphatic rings. The normalized spacial score (nSPS) is 10.4. The van der Waals surface area contributed by atoms with Crippen LogP contribution in [0.1, 0.15) is 12.6 Å². The molecule has 1 aromatic carbocycles. The van der Waals surface area contributed by atoms with Gasteiger partial charge in [0.1, 0.15) is 11.6 Å². The van der Waals surface area contributed by atoms with Crippen LogP contribution in [0.5, 0.6) is 5.75 Å². The zero-order valence-electron chi connectivity index (χ0n) is 10.2. The van der Waals surface area contributed by atoms with Crippen molar-refractivity contribution in [2.45, 2.75) is 13.3 Å². The molecule has 1 aromatic heterocycles. The summed E-state index contributed by atoms with van der Waals surface area (Å²) in [7, 11) is 1.60. The van der Waals surface area contributed by atoms with Crippen LogP contribution in [0.15, 0.2) is 29.1 Å². The molecule has 1 heterocycles. The summed E-state index contributed by atoms with van der Waals surface area (Å²) in [5, 5.41) is 0. The summed E-state index contributed by atoms with van der Waals surface area (Å²) in [6.07, 6.45) is 0.727. The van der Waals surface area contributed by atoms with E-state index in [0.717, 1.165) is 17.7 Å². The van der Waals surface area contributed by atoms with Crippen LogP contribution < -0.4 is 10.3 Å². The van der Waals surface area contributed by atoms with Crippen molar-refractivity contribution in [1.29, 1.82) is 0 Å².